The number of aromatic nitrogens is 3. The molecule has 2 aromatic heterocycles. The fraction of sp³-hybridized carbons (Fsp3) is 0.200. The van der Waals surface area contributed by atoms with Gasteiger partial charge in [-0.05, 0) is 6.07 Å². The lowest BCUT2D eigenvalue weighted by atomic mass is 10.3. The summed E-state index contributed by atoms with van der Waals surface area (Å²) in [5, 5.41) is 0. The van der Waals surface area contributed by atoms with E-state index in [9.17, 15) is 17.6 Å². The number of fused-ring (bicyclic) bond motifs is 1. The number of alkyl halides is 4. The van der Waals surface area contributed by atoms with Gasteiger partial charge in [-0.25, -0.2) is 27.5 Å². The Hall–Kier alpha value is -2.12. The zero-order chi connectivity index (χ0) is 13.3. The highest BCUT2D eigenvalue weighted by atomic mass is 19.3. The predicted octanol–water partition coefficient (Wildman–Crippen LogP) is 2.88. The van der Waals surface area contributed by atoms with E-state index in [0.29, 0.717) is 4.73 Å². The van der Waals surface area contributed by atoms with Gasteiger partial charge in [0.15, 0.2) is 5.65 Å². The number of hydrogen-bond acceptors (Lipinski definition) is 3. The molecule has 0 amide bonds. The monoisotopic (exact) mass is 261 g/mol. The first kappa shape index (κ1) is 12.3. The third-order valence-corrected chi connectivity index (χ3v) is 2.14. The van der Waals surface area contributed by atoms with Gasteiger partial charge in [0.1, 0.15) is 11.8 Å². The predicted molar refractivity (Wildman–Crippen MR) is 54.2 cm³/mol. The lowest BCUT2D eigenvalue weighted by molar-refractivity contribution is 0.104. The minimum Gasteiger partial charge on any atom is -0.382 e. The molecule has 0 saturated carbocycles. The van der Waals surface area contributed by atoms with Crippen molar-refractivity contribution in [2.45, 2.75) is 12.9 Å². The summed E-state index contributed by atoms with van der Waals surface area (Å²) in [6.07, 6.45) is -3.91. The summed E-state index contributed by atoms with van der Waals surface area (Å²) in [6.45, 7) is 3.22. The number of imidazole rings is 1. The largest absolute Gasteiger partial charge is 0.382 e. The van der Waals surface area contributed by atoms with Crippen LogP contribution in [0.25, 0.3) is 11.2 Å². The minimum atomic E-state index is -2.92. The maximum Gasteiger partial charge on any atom is 0.298 e. The molecule has 96 valence electrons. The van der Waals surface area contributed by atoms with E-state index in [1.54, 1.807) is 0 Å². The average Bonchev–Trinajstić information content (AvgIpc) is 2.68. The molecule has 0 N–H and O–H groups in total. The molecule has 0 aliphatic carbocycles. The van der Waals surface area contributed by atoms with E-state index in [-0.39, 0.29) is 11.2 Å². The standard InChI is InChI=1S/C10H7F4N3O/c1-2-18-17-6-3-5(7(11)12)4-15-9(6)16-10(17)8(13)14/h2-4,7-8H,1H2. The Kier molecular flexibility index (Phi) is 3.17. The summed E-state index contributed by atoms with van der Waals surface area (Å²) >= 11 is 0. The van der Waals surface area contributed by atoms with E-state index in [1.807, 2.05) is 0 Å². The second-order valence-electron chi connectivity index (χ2n) is 3.25. The molecule has 0 aromatic carbocycles. The molecule has 0 aliphatic heterocycles. The van der Waals surface area contributed by atoms with E-state index in [1.165, 1.54) is 0 Å². The van der Waals surface area contributed by atoms with Gasteiger partial charge in [0.05, 0.1) is 0 Å². The fourth-order valence-electron chi connectivity index (χ4n) is 1.42. The van der Waals surface area contributed by atoms with Crippen molar-refractivity contribution in [3.05, 3.63) is 36.5 Å². The Morgan fingerprint density at radius 3 is 2.56 bits per heavy atom. The summed E-state index contributed by atoms with van der Waals surface area (Å²) in [4.78, 5) is 11.8. The van der Waals surface area contributed by atoms with Crippen LogP contribution in [0.4, 0.5) is 17.6 Å². The zero-order valence-electron chi connectivity index (χ0n) is 8.86. The minimum absolute atomic E-state index is 0.0667. The molecular formula is C10H7F4N3O. The van der Waals surface area contributed by atoms with Crippen LogP contribution >= 0.6 is 0 Å². The summed E-state index contributed by atoms with van der Waals surface area (Å²) in [7, 11) is 0. The topological polar surface area (TPSA) is 39.9 Å². The van der Waals surface area contributed by atoms with Gasteiger partial charge in [-0.15, -0.1) is 0 Å². The van der Waals surface area contributed by atoms with E-state index >= 15 is 0 Å². The first-order valence-electron chi connectivity index (χ1n) is 4.77. The van der Waals surface area contributed by atoms with Gasteiger partial charge in [-0.1, -0.05) is 6.58 Å². The van der Waals surface area contributed by atoms with Crippen LogP contribution in [0.2, 0.25) is 0 Å². The Morgan fingerprint density at radius 2 is 2.00 bits per heavy atom. The molecule has 0 fully saturated rings. The number of rotatable bonds is 4. The Morgan fingerprint density at radius 1 is 1.28 bits per heavy atom. The van der Waals surface area contributed by atoms with Gasteiger partial charge in [-0.2, -0.15) is 4.73 Å². The molecule has 0 spiro atoms. The van der Waals surface area contributed by atoms with Crippen LogP contribution in [-0.4, -0.2) is 14.7 Å². The maximum atomic E-state index is 12.7. The Balaban J connectivity index is 2.67. The third-order valence-electron chi connectivity index (χ3n) is 2.14. The normalized spacial score (nSPS) is 11.4. The maximum absolute atomic E-state index is 12.7. The molecule has 18 heavy (non-hydrogen) atoms. The number of halogens is 4. The highest BCUT2D eigenvalue weighted by Crippen LogP contribution is 2.25. The van der Waals surface area contributed by atoms with Crippen molar-refractivity contribution in [3.8, 4) is 0 Å². The van der Waals surface area contributed by atoms with Gasteiger partial charge in [-0.3, -0.25) is 0 Å². The second-order valence-corrected chi connectivity index (χ2v) is 3.25. The first-order valence-corrected chi connectivity index (χ1v) is 4.77. The van der Waals surface area contributed by atoms with Gasteiger partial charge in [0, 0.05) is 11.8 Å². The van der Waals surface area contributed by atoms with Crippen LogP contribution < -0.4 is 4.84 Å². The lowest BCUT2D eigenvalue weighted by Crippen LogP contribution is -2.09. The smallest absolute Gasteiger partial charge is 0.298 e. The van der Waals surface area contributed by atoms with Crippen molar-refractivity contribution in [1.82, 2.24) is 14.7 Å². The van der Waals surface area contributed by atoms with Crippen LogP contribution in [0.5, 0.6) is 0 Å². The molecule has 8 heteroatoms. The molecule has 0 saturated heterocycles. The Bertz CT molecular complexity index is 582. The summed E-state index contributed by atoms with van der Waals surface area (Å²) in [5.41, 5.74) is -0.573. The molecule has 4 nitrogen and oxygen atoms in total. The molecule has 0 atom stereocenters. The van der Waals surface area contributed by atoms with E-state index < -0.39 is 24.2 Å². The molecule has 0 radical (unpaired) electrons. The van der Waals surface area contributed by atoms with Crippen molar-refractivity contribution in [1.29, 1.82) is 0 Å². The second kappa shape index (κ2) is 4.63. The van der Waals surface area contributed by atoms with Gasteiger partial charge < -0.3 is 4.84 Å². The lowest BCUT2D eigenvalue weighted by Gasteiger charge is -2.06. The first-order chi connectivity index (χ1) is 8.54. The van der Waals surface area contributed by atoms with Gasteiger partial charge in [0.25, 0.3) is 12.9 Å². The van der Waals surface area contributed by atoms with Gasteiger partial charge >= 0.3 is 0 Å². The van der Waals surface area contributed by atoms with Crippen molar-refractivity contribution >= 4 is 11.2 Å². The van der Waals surface area contributed by atoms with Crippen LogP contribution in [-0.2, 0) is 0 Å². The molecule has 0 aliphatic rings. The molecule has 0 unspecified atom stereocenters. The zero-order valence-corrected chi connectivity index (χ0v) is 8.86. The molecule has 2 heterocycles. The van der Waals surface area contributed by atoms with Crippen LogP contribution in [0.15, 0.2) is 25.1 Å². The van der Waals surface area contributed by atoms with E-state index in [2.05, 4.69) is 16.5 Å². The third kappa shape index (κ3) is 2.01. The molecule has 2 aromatic rings. The highest BCUT2D eigenvalue weighted by Gasteiger charge is 2.22. The molecule has 2 rings (SSSR count). The van der Waals surface area contributed by atoms with Crippen LogP contribution in [0, 0.1) is 0 Å². The van der Waals surface area contributed by atoms with E-state index in [0.717, 1.165) is 18.5 Å². The number of nitrogens with zero attached hydrogens (tertiary/aromatic N) is 3. The summed E-state index contributed by atoms with van der Waals surface area (Å²) in [6, 6.07) is 0.995. The number of hydrogen-bond donors (Lipinski definition) is 0. The summed E-state index contributed by atoms with van der Waals surface area (Å²) in [5.74, 6) is -0.719. The van der Waals surface area contributed by atoms with E-state index in [4.69, 9.17) is 4.84 Å². The average molecular weight is 261 g/mol. The quantitative estimate of drug-likeness (QED) is 0.627. The SMILES string of the molecule is C=COn1c(C(F)F)nc2ncc(C(F)F)cc21. The Labute approximate surface area is 98.5 Å². The van der Waals surface area contributed by atoms with Crippen molar-refractivity contribution in [2.24, 2.45) is 0 Å². The highest BCUT2D eigenvalue weighted by molar-refractivity contribution is 5.72. The summed E-state index contributed by atoms with van der Waals surface area (Å²) < 4.78 is 51.0. The van der Waals surface area contributed by atoms with Gasteiger partial charge in [0.2, 0.25) is 5.82 Å². The van der Waals surface area contributed by atoms with Crippen molar-refractivity contribution in [2.75, 3.05) is 0 Å². The van der Waals surface area contributed by atoms with Crippen molar-refractivity contribution in [3.63, 3.8) is 0 Å². The van der Waals surface area contributed by atoms with Crippen LogP contribution in [0.1, 0.15) is 24.2 Å². The number of pyridine rings is 1. The van der Waals surface area contributed by atoms with Crippen LogP contribution in [0.3, 0.4) is 0 Å². The molecular weight excluding hydrogens is 254 g/mol. The fourth-order valence-corrected chi connectivity index (χ4v) is 1.42. The van der Waals surface area contributed by atoms with Crippen molar-refractivity contribution < 1.29 is 22.4 Å². The molecule has 0 bridgehead atoms.